The van der Waals surface area contributed by atoms with Gasteiger partial charge in [-0.25, -0.2) is 9.78 Å². The van der Waals surface area contributed by atoms with Gasteiger partial charge in [0.25, 0.3) is 0 Å². The summed E-state index contributed by atoms with van der Waals surface area (Å²) in [5, 5.41) is 19.0. The van der Waals surface area contributed by atoms with E-state index >= 15 is 0 Å². The molecule has 0 fully saturated rings. The fraction of sp³-hybridized carbons (Fsp3) is 0.333. The van der Waals surface area contributed by atoms with Crippen molar-refractivity contribution in [2.75, 3.05) is 7.11 Å². The molecule has 0 radical (unpaired) electrons. The van der Waals surface area contributed by atoms with Crippen molar-refractivity contribution in [1.82, 2.24) is 4.98 Å². The Labute approximate surface area is 91.3 Å². The van der Waals surface area contributed by atoms with Crippen molar-refractivity contribution in [1.29, 1.82) is 0 Å². The van der Waals surface area contributed by atoms with Crippen LogP contribution < -0.4 is 0 Å². The maximum atomic E-state index is 10.9. The molecule has 2 unspecified atom stereocenters. The number of carbonyl (C=O) groups is 1. The number of nitrogens with zero attached hydrogens (tertiary/aromatic N) is 1. The first-order valence-electron chi connectivity index (χ1n) is 4.12. The number of rotatable bonds is 3. The molecule has 0 spiro atoms. The molecular formula is C9H10ClNO4. The van der Waals surface area contributed by atoms with Crippen LogP contribution in [-0.2, 0) is 9.53 Å². The van der Waals surface area contributed by atoms with E-state index in [0.29, 0.717) is 0 Å². The highest BCUT2D eigenvalue weighted by molar-refractivity contribution is 6.29. The zero-order valence-corrected chi connectivity index (χ0v) is 8.68. The molecule has 0 saturated heterocycles. The Morgan fingerprint density at radius 1 is 1.53 bits per heavy atom. The molecule has 82 valence electrons. The SMILES string of the molecule is COC(=O)C(O)C(O)c1cccc(Cl)n1. The van der Waals surface area contributed by atoms with E-state index in [2.05, 4.69) is 9.72 Å². The van der Waals surface area contributed by atoms with Crippen LogP contribution in [0.4, 0.5) is 0 Å². The molecule has 0 aliphatic heterocycles. The molecule has 0 aromatic carbocycles. The van der Waals surface area contributed by atoms with Crippen LogP contribution in [0.25, 0.3) is 0 Å². The van der Waals surface area contributed by atoms with Crippen molar-refractivity contribution in [3.05, 3.63) is 29.0 Å². The summed E-state index contributed by atoms with van der Waals surface area (Å²) in [5.41, 5.74) is 0.111. The third kappa shape index (κ3) is 2.89. The van der Waals surface area contributed by atoms with E-state index in [0.717, 1.165) is 7.11 Å². The van der Waals surface area contributed by atoms with Crippen LogP contribution in [0.5, 0.6) is 0 Å². The van der Waals surface area contributed by atoms with Gasteiger partial charge in [0.15, 0.2) is 6.10 Å². The highest BCUT2D eigenvalue weighted by Crippen LogP contribution is 2.17. The maximum Gasteiger partial charge on any atom is 0.337 e. The topological polar surface area (TPSA) is 79.7 Å². The maximum absolute atomic E-state index is 10.9. The summed E-state index contributed by atoms with van der Waals surface area (Å²) in [6.07, 6.45) is -3.11. The minimum absolute atomic E-state index is 0.111. The normalized spacial score (nSPS) is 14.4. The Bertz CT molecular complexity index is 358. The molecule has 5 nitrogen and oxygen atoms in total. The first-order valence-corrected chi connectivity index (χ1v) is 4.50. The number of aliphatic hydroxyl groups excluding tert-OH is 2. The van der Waals surface area contributed by atoms with Crippen LogP contribution in [0.3, 0.4) is 0 Å². The number of hydrogen-bond acceptors (Lipinski definition) is 5. The molecule has 2 N–H and O–H groups in total. The molecule has 0 amide bonds. The summed E-state index contributed by atoms with van der Waals surface area (Å²) >= 11 is 5.59. The second kappa shape index (κ2) is 5.06. The van der Waals surface area contributed by atoms with Gasteiger partial charge in [-0.2, -0.15) is 0 Å². The monoisotopic (exact) mass is 231 g/mol. The number of ether oxygens (including phenoxy) is 1. The van der Waals surface area contributed by atoms with Gasteiger partial charge in [0.05, 0.1) is 12.8 Å². The van der Waals surface area contributed by atoms with Crippen LogP contribution in [0.1, 0.15) is 11.8 Å². The molecule has 0 aliphatic rings. The molecule has 1 heterocycles. The van der Waals surface area contributed by atoms with Gasteiger partial charge in [-0.3, -0.25) is 0 Å². The Morgan fingerprint density at radius 2 is 2.20 bits per heavy atom. The summed E-state index contributed by atoms with van der Waals surface area (Å²) in [5.74, 6) is -0.927. The van der Waals surface area contributed by atoms with E-state index < -0.39 is 18.2 Å². The van der Waals surface area contributed by atoms with Crippen molar-refractivity contribution in [2.24, 2.45) is 0 Å². The Kier molecular flexibility index (Phi) is 4.02. The van der Waals surface area contributed by atoms with Gasteiger partial charge < -0.3 is 14.9 Å². The Balaban J connectivity index is 2.84. The molecular weight excluding hydrogens is 222 g/mol. The molecule has 1 aromatic rings. The summed E-state index contributed by atoms with van der Waals surface area (Å²) < 4.78 is 4.28. The van der Waals surface area contributed by atoms with Gasteiger partial charge >= 0.3 is 5.97 Å². The van der Waals surface area contributed by atoms with E-state index in [-0.39, 0.29) is 10.8 Å². The molecule has 15 heavy (non-hydrogen) atoms. The van der Waals surface area contributed by atoms with Crippen LogP contribution in [0.15, 0.2) is 18.2 Å². The highest BCUT2D eigenvalue weighted by Gasteiger charge is 2.27. The number of methoxy groups -OCH3 is 1. The van der Waals surface area contributed by atoms with E-state index in [4.69, 9.17) is 11.6 Å². The number of pyridine rings is 1. The van der Waals surface area contributed by atoms with Gasteiger partial charge in [-0.05, 0) is 12.1 Å². The summed E-state index contributed by atoms with van der Waals surface area (Å²) in [6, 6.07) is 4.52. The second-order valence-electron chi connectivity index (χ2n) is 2.80. The lowest BCUT2D eigenvalue weighted by atomic mass is 10.1. The first kappa shape index (κ1) is 11.9. The molecule has 2 atom stereocenters. The van der Waals surface area contributed by atoms with Gasteiger partial charge in [0.2, 0.25) is 0 Å². The fourth-order valence-electron chi connectivity index (χ4n) is 1.00. The highest BCUT2D eigenvalue weighted by atomic mass is 35.5. The van der Waals surface area contributed by atoms with Gasteiger partial charge in [-0.1, -0.05) is 17.7 Å². The smallest absolute Gasteiger partial charge is 0.337 e. The third-order valence-electron chi connectivity index (χ3n) is 1.78. The molecule has 0 bridgehead atoms. The largest absolute Gasteiger partial charge is 0.467 e. The molecule has 6 heteroatoms. The standard InChI is InChI=1S/C9H10ClNO4/c1-15-9(14)8(13)7(12)5-3-2-4-6(10)11-5/h2-4,7-8,12-13H,1H3. The van der Waals surface area contributed by atoms with E-state index in [9.17, 15) is 15.0 Å². The van der Waals surface area contributed by atoms with Crippen LogP contribution in [0.2, 0.25) is 5.15 Å². The van der Waals surface area contributed by atoms with E-state index in [1.54, 1.807) is 6.07 Å². The van der Waals surface area contributed by atoms with Gasteiger partial charge in [0, 0.05) is 0 Å². The average molecular weight is 232 g/mol. The average Bonchev–Trinajstić information content (AvgIpc) is 2.26. The minimum Gasteiger partial charge on any atom is -0.467 e. The van der Waals surface area contributed by atoms with Crippen LogP contribution in [0, 0.1) is 0 Å². The van der Waals surface area contributed by atoms with Crippen LogP contribution >= 0.6 is 11.6 Å². The number of carbonyl (C=O) groups excluding carboxylic acids is 1. The molecule has 0 aliphatic carbocycles. The van der Waals surface area contributed by atoms with Crippen molar-refractivity contribution in [2.45, 2.75) is 12.2 Å². The molecule has 0 saturated carbocycles. The Hall–Kier alpha value is -1.17. The van der Waals surface area contributed by atoms with Gasteiger partial charge in [0.1, 0.15) is 11.3 Å². The lowest BCUT2D eigenvalue weighted by Crippen LogP contribution is -2.29. The second-order valence-corrected chi connectivity index (χ2v) is 3.19. The zero-order chi connectivity index (χ0) is 11.4. The van der Waals surface area contributed by atoms with Gasteiger partial charge in [-0.15, -0.1) is 0 Å². The third-order valence-corrected chi connectivity index (χ3v) is 1.99. The lowest BCUT2D eigenvalue weighted by Gasteiger charge is -2.14. The summed E-state index contributed by atoms with van der Waals surface area (Å²) in [7, 11) is 1.11. The quantitative estimate of drug-likeness (QED) is 0.578. The predicted octanol–water partition coefficient (Wildman–Crippen LogP) is 0.302. The van der Waals surface area contributed by atoms with Crippen molar-refractivity contribution < 1.29 is 19.7 Å². The molecule has 1 aromatic heterocycles. The first-order chi connectivity index (χ1) is 7.06. The number of esters is 1. The summed E-state index contributed by atoms with van der Waals surface area (Å²) in [6.45, 7) is 0. The fourth-order valence-corrected chi connectivity index (χ4v) is 1.17. The van der Waals surface area contributed by atoms with E-state index in [1.807, 2.05) is 0 Å². The Morgan fingerprint density at radius 3 is 2.73 bits per heavy atom. The number of aliphatic hydroxyl groups is 2. The zero-order valence-electron chi connectivity index (χ0n) is 7.92. The number of hydrogen-bond donors (Lipinski definition) is 2. The van der Waals surface area contributed by atoms with Crippen molar-refractivity contribution in [3.8, 4) is 0 Å². The minimum atomic E-state index is -1.67. The summed E-state index contributed by atoms with van der Waals surface area (Å²) in [4.78, 5) is 14.7. The molecule has 1 rings (SSSR count). The number of halogens is 1. The van der Waals surface area contributed by atoms with Crippen molar-refractivity contribution in [3.63, 3.8) is 0 Å². The van der Waals surface area contributed by atoms with Crippen LogP contribution in [-0.4, -0.2) is 34.4 Å². The number of aromatic nitrogens is 1. The lowest BCUT2D eigenvalue weighted by molar-refractivity contribution is -0.157. The predicted molar refractivity (Wildman–Crippen MR) is 52.2 cm³/mol. The van der Waals surface area contributed by atoms with Crippen molar-refractivity contribution >= 4 is 17.6 Å². The van der Waals surface area contributed by atoms with E-state index in [1.165, 1.54) is 12.1 Å².